The smallest absolute Gasteiger partial charge is 0.323 e. The molecule has 0 spiro atoms. The fourth-order valence-corrected chi connectivity index (χ4v) is 4.73. The third-order valence-corrected chi connectivity index (χ3v) is 6.74. The minimum atomic E-state index is -0.981. The van der Waals surface area contributed by atoms with Crippen LogP contribution in [0.3, 0.4) is 0 Å². The molecule has 2 amide bonds. The Labute approximate surface area is 207 Å². The number of halogens is 2. The molecule has 3 aromatic carbocycles. The van der Waals surface area contributed by atoms with E-state index in [-0.39, 0.29) is 17.9 Å². The van der Waals surface area contributed by atoms with Crippen molar-refractivity contribution in [3.63, 3.8) is 0 Å². The second kappa shape index (κ2) is 9.88. The molecule has 0 aromatic heterocycles. The van der Waals surface area contributed by atoms with Crippen molar-refractivity contribution in [2.24, 2.45) is 5.41 Å². The number of amides is 2. The second-order valence-corrected chi connectivity index (χ2v) is 9.13. The molecule has 0 fully saturated rings. The summed E-state index contributed by atoms with van der Waals surface area (Å²) in [6, 6.07) is 15.8. The number of carboxylic acid groups (broad SMARTS) is 1. The highest BCUT2D eigenvalue weighted by Gasteiger charge is 2.42. The molecule has 6 nitrogen and oxygen atoms in total. The van der Waals surface area contributed by atoms with E-state index in [1.807, 2.05) is 13.0 Å². The number of ketones is 1. The van der Waals surface area contributed by atoms with E-state index in [2.05, 4.69) is 10.6 Å². The zero-order chi connectivity index (χ0) is 25.2. The highest BCUT2D eigenvalue weighted by Crippen LogP contribution is 2.42. The van der Waals surface area contributed by atoms with E-state index in [0.717, 1.165) is 11.1 Å². The Bertz CT molecular complexity index is 1330. The fraction of sp³-hybridized carbons (Fsp3) is 0.222. The van der Waals surface area contributed by atoms with Crippen LogP contribution >= 0.6 is 11.6 Å². The van der Waals surface area contributed by atoms with Crippen LogP contribution in [0, 0.1) is 11.2 Å². The molecule has 1 aliphatic rings. The number of nitrogens with one attached hydrogen (secondary N) is 2. The number of urea groups is 1. The van der Waals surface area contributed by atoms with Gasteiger partial charge in [-0.25, -0.2) is 9.18 Å². The van der Waals surface area contributed by atoms with E-state index in [1.54, 1.807) is 42.5 Å². The fourth-order valence-electron chi connectivity index (χ4n) is 4.54. The number of Topliss-reactive ketones (excluding diaryl/α,β-unsaturated/α-hetero) is 1. The Kier molecular flexibility index (Phi) is 6.89. The number of hydrogen-bond donors (Lipinski definition) is 3. The van der Waals surface area contributed by atoms with Crippen LogP contribution < -0.4 is 10.6 Å². The first kappa shape index (κ1) is 24.4. The summed E-state index contributed by atoms with van der Waals surface area (Å²) in [6.07, 6.45) is 1.31. The molecule has 0 aliphatic heterocycles. The normalized spacial score (nSPS) is 16.9. The van der Waals surface area contributed by atoms with Gasteiger partial charge >= 0.3 is 12.0 Å². The van der Waals surface area contributed by atoms with Gasteiger partial charge in [0, 0.05) is 21.7 Å². The Morgan fingerprint density at radius 1 is 1.06 bits per heavy atom. The molecule has 1 aliphatic carbocycles. The quantitative estimate of drug-likeness (QED) is 0.351. The Balaban J connectivity index is 1.52. The second-order valence-electron chi connectivity index (χ2n) is 8.69. The molecule has 0 saturated carbocycles. The van der Waals surface area contributed by atoms with Crippen molar-refractivity contribution in [1.29, 1.82) is 0 Å². The van der Waals surface area contributed by atoms with E-state index in [4.69, 9.17) is 11.6 Å². The molecule has 1 unspecified atom stereocenters. The Morgan fingerprint density at radius 3 is 2.49 bits per heavy atom. The van der Waals surface area contributed by atoms with Crippen LogP contribution in [-0.4, -0.2) is 22.9 Å². The van der Waals surface area contributed by atoms with E-state index in [0.29, 0.717) is 41.1 Å². The third kappa shape index (κ3) is 5.20. The van der Waals surface area contributed by atoms with Crippen LogP contribution in [0.1, 0.15) is 42.1 Å². The molecule has 35 heavy (non-hydrogen) atoms. The van der Waals surface area contributed by atoms with E-state index in [9.17, 15) is 23.9 Å². The number of hydrogen-bond acceptors (Lipinski definition) is 3. The summed E-state index contributed by atoms with van der Waals surface area (Å²) in [4.78, 5) is 36.7. The standard InChI is InChI=1S/C27H24ClFN2O4/c1-2-27(15-24(32)33)11-10-18-12-16(6-8-21(18)25(27)34)17-7-9-23(22(29)13-17)31-26(35)30-20-5-3-4-19(28)14-20/h3-9,12-14H,2,10-11,15H2,1H3,(H,32,33)(H2,30,31,35). The molecule has 1 atom stereocenters. The van der Waals surface area contributed by atoms with E-state index in [1.165, 1.54) is 12.1 Å². The Hall–Kier alpha value is -3.71. The maximum Gasteiger partial charge on any atom is 0.323 e. The van der Waals surface area contributed by atoms with Gasteiger partial charge in [0.05, 0.1) is 12.1 Å². The zero-order valence-corrected chi connectivity index (χ0v) is 19.8. The molecule has 0 bridgehead atoms. The Morgan fingerprint density at radius 2 is 1.80 bits per heavy atom. The molecule has 3 aromatic rings. The minimum Gasteiger partial charge on any atom is -0.481 e. The van der Waals surface area contributed by atoms with Gasteiger partial charge in [0.15, 0.2) is 5.78 Å². The van der Waals surface area contributed by atoms with Crippen LogP contribution in [0.15, 0.2) is 60.7 Å². The molecule has 4 rings (SSSR count). The minimum absolute atomic E-state index is 0.0165. The summed E-state index contributed by atoms with van der Waals surface area (Å²) in [5.74, 6) is -1.73. The molecular weight excluding hydrogens is 471 g/mol. The lowest BCUT2D eigenvalue weighted by Crippen LogP contribution is -2.37. The van der Waals surface area contributed by atoms with Gasteiger partial charge in [-0.05, 0) is 66.3 Å². The van der Waals surface area contributed by atoms with E-state index >= 15 is 0 Å². The average molecular weight is 495 g/mol. The van der Waals surface area contributed by atoms with Crippen molar-refractivity contribution in [2.45, 2.75) is 32.6 Å². The van der Waals surface area contributed by atoms with E-state index < -0.39 is 23.2 Å². The number of aryl methyl sites for hydroxylation is 1. The number of rotatable bonds is 6. The molecule has 0 saturated heterocycles. The highest BCUT2D eigenvalue weighted by molar-refractivity contribution is 6.30. The largest absolute Gasteiger partial charge is 0.481 e. The summed E-state index contributed by atoms with van der Waals surface area (Å²) >= 11 is 5.91. The first-order chi connectivity index (χ1) is 16.7. The first-order valence-corrected chi connectivity index (χ1v) is 11.6. The van der Waals surface area contributed by atoms with Crippen molar-refractivity contribution in [3.8, 4) is 11.1 Å². The SMILES string of the molecule is CCC1(CC(=O)O)CCc2cc(-c3ccc(NC(=O)Nc4cccc(Cl)c4)c(F)c3)ccc2C1=O. The van der Waals surface area contributed by atoms with Crippen LogP contribution in [0.4, 0.5) is 20.6 Å². The molecule has 180 valence electrons. The topological polar surface area (TPSA) is 95.5 Å². The average Bonchev–Trinajstić information content (AvgIpc) is 2.82. The monoisotopic (exact) mass is 494 g/mol. The highest BCUT2D eigenvalue weighted by atomic mass is 35.5. The third-order valence-electron chi connectivity index (χ3n) is 6.50. The van der Waals surface area contributed by atoms with Gasteiger partial charge < -0.3 is 15.7 Å². The number of carboxylic acids is 1. The first-order valence-electron chi connectivity index (χ1n) is 11.2. The van der Waals surface area contributed by atoms with Crippen molar-refractivity contribution >= 4 is 40.8 Å². The van der Waals surface area contributed by atoms with Crippen LogP contribution in [-0.2, 0) is 11.2 Å². The van der Waals surface area contributed by atoms with Gasteiger partial charge in [0.25, 0.3) is 0 Å². The molecule has 0 heterocycles. The van der Waals surface area contributed by atoms with Crippen molar-refractivity contribution in [3.05, 3.63) is 82.6 Å². The molecule has 0 radical (unpaired) electrons. The molecule has 3 N–H and O–H groups in total. The summed E-state index contributed by atoms with van der Waals surface area (Å²) in [5, 5.41) is 14.8. The number of carbonyl (C=O) groups excluding carboxylic acids is 2. The maximum atomic E-state index is 14.8. The number of carbonyl (C=O) groups is 3. The summed E-state index contributed by atoms with van der Waals surface area (Å²) in [5.41, 5.74) is 2.29. The van der Waals surface area contributed by atoms with Gasteiger partial charge in [-0.15, -0.1) is 0 Å². The van der Waals surface area contributed by atoms with Gasteiger partial charge in [-0.2, -0.15) is 0 Å². The van der Waals surface area contributed by atoms with Crippen LogP contribution in [0.25, 0.3) is 11.1 Å². The van der Waals surface area contributed by atoms with Crippen molar-refractivity contribution in [2.75, 3.05) is 10.6 Å². The number of anilines is 2. The van der Waals surface area contributed by atoms with Crippen LogP contribution in [0.5, 0.6) is 0 Å². The lowest BCUT2D eigenvalue weighted by atomic mass is 9.67. The summed E-state index contributed by atoms with van der Waals surface area (Å²) < 4.78 is 14.8. The maximum absolute atomic E-state index is 14.8. The number of benzene rings is 3. The van der Waals surface area contributed by atoms with Gasteiger partial charge in [0.2, 0.25) is 0 Å². The zero-order valence-electron chi connectivity index (χ0n) is 19.0. The predicted octanol–water partition coefficient (Wildman–Crippen LogP) is 6.79. The van der Waals surface area contributed by atoms with Gasteiger partial charge in [-0.1, -0.05) is 48.9 Å². The molecular formula is C27H24ClFN2O4. The lowest BCUT2D eigenvalue weighted by Gasteiger charge is -2.35. The van der Waals surface area contributed by atoms with Crippen molar-refractivity contribution < 1.29 is 23.9 Å². The van der Waals surface area contributed by atoms with Crippen LogP contribution in [0.2, 0.25) is 5.02 Å². The summed E-state index contributed by atoms with van der Waals surface area (Å²) in [6.45, 7) is 1.84. The van der Waals surface area contributed by atoms with Crippen molar-refractivity contribution in [1.82, 2.24) is 0 Å². The number of aliphatic carboxylic acids is 1. The lowest BCUT2D eigenvalue weighted by molar-refractivity contribution is -0.139. The predicted molar refractivity (Wildman–Crippen MR) is 134 cm³/mol. The number of fused-ring (bicyclic) bond motifs is 1. The summed E-state index contributed by atoms with van der Waals surface area (Å²) in [7, 11) is 0. The molecule has 8 heteroatoms. The van der Waals surface area contributed by atoms with Gasteiger partial charge in [0.1, 0.15) is 5.82 Å². The van der Waals surface area contributed by atoms with Gasteiger partial charge in [-0.3, -0.25) is 9.59 Å².